The second-order valence-electron chi connectivity index (χ2n) is 6.72. The second-order valence-corrected chi connectivity index (χ2v) is 6.72. The molecule has 28 heavy (non-hydrogen) atoms. The molecule has 1 aliphatic heterocycles. The van der Waals surface area contributed by atoms with Gasteiger partial charge in [0.25, 0.3) is 0 Å². The van der Waals surface area contributed by atoms with Crippen LogP contribution in [0.1, 0.15) is 5.69 Å². The van der Waals surface area contributed by atoms with E-state index in [-0.39, 0.29) is 0 Å². The Hall–Kier alpha value is -3.13. The Morgan fingerprint density at radius 1 is 1.00 bits per heavy atom. The molecule has 3 heterocycles. The molecular weight excluding hydrogens is 356 g/mol. The molecule has 8 nitrogen and oxygen atoms in total. The summed E-state index contributed by atoms with van der Waals surface area (Å²) in [6, 6.07) is 9.67. The van der Waals surface area contributed by atoms with Gasteiger partial charge in [0.05, 0.1) is 25.4 Å². The highest BCUT2D eigenvalue weighted by molar-refractivity contribution is 5.91. The highest BCUT2D eigenvalue weighted by Crippen LogP contribution is 2.34. The summed E-state index contributed by atoms with van der Waals surface area (Å²) in [6.07, 6.45) is 1.83. The summed E-state index contributed by atoms with van der Waals surface area (Å²) in [5, 5.41) is 0.759. The first kappa shape index (κ1) is 18.2. The van der Waals surface area contributed by atoms with Crippen LogP contribution in [0, 0.1) is 0 Å². The third-order valence-electron chi connectivity index (χ3n) is 4.99. The molecule has 0 unspecified atom stereocenters. The summed E-state index contributed by atoms with van der Waals surface area (Å²) in [7, 11) is 3.20. The average Bonchev–Trinajstić information content (AvgIpc) is 2.74. The summed E-state index contributed by atoms with van der Waals surface area (Å²) >= 11 is 0. The van der Waals surface area contributed by atoms with Crippen LogP contribution in [0.4, 0.5) is 11.8 Å². The summed E-state index contributed by atoms with van der Waals surface area (Å²) in [6.45, 7) is 4.37. The van der Waals surface area contributed by atoms with Gasteiger partial charge < -0.3 is 20.1 Å². The Kier molecular flexibility index (Phi) is 5.12. The van der Waals surface area contributed by atoms with Crippen molar-refractivity contribution in [2.75, 3.05) is 51.0 Å². The van der Waals surface area contributed by atoms with Crippen LogP contribution < -0.4 is 20.1 Å². The van der Waals surface area contributed by atoms with Gasteiger partial charge in [-0.2, -0.15) is 4.98 Å². The lowest BCUT2D eigenvalue weighted by Crippen LogP contribution is -2.46. The van der Waals surface area contributed by atoms with Crippen molar-refractivity contribution in [1.82, 2.24) is 19.9 Å². The maximum Gasteiger partial charge on any atom is 0.227 e. The van der Waals surface area contributed by atoms with E-state index < -0.39 is 0 Å². The van der Waals surface area contributed by atoms with Gasteiger partial charge >= 0.3 is 0 Å². The van der Waals surface area contributed by atoms with Crippen LogP contribution in [-0.4, -0.2) is 60.3 Å². The molecule has 0 bridgehead atoms. The highest BCUT2D eigenvalue weighted by atomic mass is 16.5. The Morgan fingerprint density at radius 2 is 1.75 bits per heavy atom. The number of hydrogen-bond acceptors (Lipinski definition) is 8. The SMILES string of the molecule is COc1cc2nc(N3CCN(Cc4ccccn4)CC3)nc(N)c2cc1OC. The van der Waals surface area contributed by atoms with E-state index in [1.807, 2.05) is 30.5 Å². The van der Waals surface area contributed by atoms with E-state index in [0.717, 1.165) is 49.3 Å². The van der Waals surface area contributed by atoms with Crippen molar-refractivity contribution in [3.63, 3.8) is 0 Å². The molecule has 1 aliphatic rings. The molecule has 4 rings (SSSR count). The summed E-state index contributed by atoms with van der Waals surface area (Å²) in [5.74, 6) is 2.33. The molecular formula is C20H24N6O2. The molecule has 0 spiro atoms. The van der Waals surface area contributed by atoms with Gasteiger partial charge in [0, 0.05) is 50.4 Å². The maximum absolute atomic E-state index is 6.22. The summed E-state index contributed by atoms with van der Waals surface area (Å²) < 4.78 is 10.7. The Morgan fingerprint density at radius 3 is 2.43 bits per heavy atom. The topological polar surface area (TPSA) is 89.6 Å². The maximum atomic E-state index is 6.22. The van der Waals surface area contributed by atoms with E-state index in [4.69, 9.17) is 20.2 Å². The fourth-order valence-corrected chi connectivity index (χ4v) is 3.43. The smallest absolute Gasteiger partial charge is 0.227 e. The van der Waals surface area contributed by atoms with Gasteiger partial charge in [-0.15, -0.1) is 0 Å². The second kappa shape index (κ2) is 7.85. The fourth-order valence-electron chi connectivity index (χ4n) is 3.43. The fraction of sp³-hybridized carbons (Fsp3) is 0.350. The van der Waals surface area contributed by atoms with Gasteiger partial charge in [-0.25, -0.2) is 4.98 Å². The molecule has 1 saturated heterocycles. The van der Waals surface area contributed by atoms with Crippen molar-refractivity contribution >= 4 is 22.7 Å². The zero-order valence-corrected chi connectivity index (χ0v) is 16.1. The third kappa shape index (κ3) is 3.63. The first-order valence-electron chi connectivity index (χ1n) is 9.24. The van der Waals surface area contributed by atoms with Gasteiger partial charge in [-0.3, -0.25) is 9.88 Å². The molecule has 0 amide bonds. The largest absolute Gasteiger partial charge is 0.493 e. The van der Waals surface area contributed by atoms with Crippen LogP contribution in [0.5, 0.6) is 11.5 Å². The van der Waals surface area contributed by atoms with Crippen LogP contribution in [0.15, 0.2) is 36.5 Å². The Bertz CT molecular complexity index is 958. The minimum absolute atomic E-state index is 0.442. The first-order chi connectivity index (χ1) is 13.7. The molecule has 1 aromatic carbocycles. The lowest BCUT2D eigenvalue weighted by Gasteiger charge is -2.34. The van der Waals surface area contributed by atoms with Crippen LogP contribution in [0.3, 0.4) is 0 Å². The van der Waals surface area contributed by atoms with E-state index in [0.29, 0.717) is 23.3 Å². The molecule has 1 fully saturated rings. The number of fused-ring (bicyclic) bond motifs is 1. The number of hydrogen-bond donors (Lipinski definition) is 1. The molecule has 0 radical (unpaired) electrons. The van der Waals surface area contributed by atoms with E-state index in [1.165, 1.54) is 0 Å². The summed E-state index contributed by atoms with van der Waals surface area (Å²) in [4.78, 5) is 18.2. The highest BCUT2D eigenvalue weighted by Gasteiger charge is 2.21. The monoisotopic (exact) mass is 380 g/mol. The number of nitrogens with two attached hydrogens (primary N) is 1. The van der Waals surface area contributed by atoms with E-state index in [2.05, 4.69) is 25.8 Å². The number of benzene rings is 1. The van der Waals surface area contributed by atoms with Crippen molar-refractivity contribution in [3.8, 4) is 11.5 Å². The Labute approximate surface area is 163 Å². The lowest BCUT2D eigenvalue weighted by atomic mass is 10.2. The van der Waals surface area contributed by atoms with Crippen LogP contribution in [-0.2, 0) is 6.54 Å². The Balaban J connectivity index is 1.52. The molecule has 3 aromatic rings. The van der Waals surface area contributed by atoms with Crippen LogP contribution in [0.25, 0.3) is 10.9 Å². The number of rotatable bonds is 5. The molecule has 0 aliphatic carbocycles. The summed E-state index contributed by atoms with van der Waals surface area (Å²) in [5.41, 5.74) is 8.05. The number of ether oxygens (including phenoxy) is 2. The minimum Gasteiger partial charge on any atom is -0.493 e. The van der Waals surface area contributed by atoms with Crippen LogP contribution >= 0.6 is 0 Å². The van der Waals surface area contributed by atoms with Crippen molar-refractivity contribution in [3.05, 3.63) is 42.2 Å². The van der Waals surface area contributed by atoms with Gasteiger partial charge in [0.2, 0.25) is 5.95 Å². The van der Waals surface area contributed by atoms with Gasteiger partial charge in [-0.1, -0.05) is 6.07 Å². The third-order valence-corrected chi connectivity index (χ3v) is 4.99. The van der Waals surface area contributed by atoms with Gasteiger partial charge in [-0.05, 0) is 18.2 Å². The van der Waals surface area contributed by atoms with E-state index in [1.54, 1.807) is 14.2 Å². The first-order valence-corrected chi connectivity index (χ1v) is 9.24. The van der Waals surface area contributed by atoms with Crippen molar-refractivity contribution < 1.29 is 9.47 Å². The predicted molar refractivity (Wildman–Crippen MR) is 109 cm³/mol. The number of nitrogen functional groups attached to an aromatic ring is 1. The van der Waals surface area contributed by atoms with Crippen LogP contribution in [0.2, 0.25) is 0 Å². The lowest BCUT2D eigenvalue weighted by molar-refractivity contribution is 0.246. The van der Waals surface area contributed by atoms with E-state index >= 15 is 0 Å². The number of pyridine rings is 1. The number of methoxy groups -OCH3 is 2. The standard InChI is InChI=1S/C20H24N6O2/c1-27-17-11-15-16(12-18(17)28-2)23-20(24-19(15)21)26-9-7-25(8-10-26)13-14-5-3-4-6-22-14/h3-6,11-12H,7-10,13H2,1-2H3,(H2,21,23,24). The van der Waals surface area contributed by atoms with Crippen molar-refractivity contribution in [2.24, 2.45) is 0 Å². The molecule has 0 saturated carbocycles. The molecule has 0 atom stereocenters. The number of nitrogens with zero attached hydrogens (tertiary/aromatic N) is 5. The van der Waals surface area contributed by atoms with Gasteiger partial charge in [0.1, 0.15) is 5.82 Å². The molecule has 2 aromatic heterocycles. The number of aromatic nitrogens is 3. The number of anilines is 2. The van der Waals surface area contributed by atoms with E-state index in [9.17, 15) is 0 Å². The minimum atomic E-state index is 0.442. The quantitative estimate of drug-likeness (QED) is 0.718. The number of piperazine rings is 1. The zero-order chi connectivity index (χ0) is 19.5. The average molecular weight is 380 g/mol. The molecule has 2 N–H and O–H groups in total. The van der Waals surface area contributed by atoms with Gasteiger partial charge in [0.15, 0.2) is 11.5 Å². The predicted octanol–water partition coefficient (Wildman–Crippen LogP) is 1.95. The van der Waals surface area contributed by atoms with Crippen molar-refractivity contribution in [1.29, 1.82) is 0 Å². The van der Waals surface area contributed by atoms with Crippen molar-refractivity contribution in [2.45, 2.75) is 6.54 Å². The molecule has 8 heteroatoms. The zero-order valence-electron chi connectivity index (χ0n) is 16.1. The molecule has 146 valence electrons. The normalized spacial score (nSPS) is 15.0.